The van der Waals surface area contributed by atoms with Gasteiger partial charge in [-0.1, -0.05) is 12.1 Å². The van der Waals surface area contributed by atoms with Crippen molar-refractivity contribution in [2.45, 2.75) is 19.9 Å². The van der Waals surface area contributed by atoms with Gasteiger partial charge in [-0.25, -0.2) is 9.59 Å². The zero-order valence-electron chi connectivity index (χ0n) is 13.2. The number of carbonyl (C=O) groups is 2. The highest BCUT2D eigenvalue weighted by atomic mass is 16.5. The van der Waals surface area contributed by atoms with Crippen LogP contribution in [0, 0.1) is 0 Å². The number of ether oxygens (including phenoxy) is 1. The van der Waals surface area contributed by atoms with Crippen LogP contribution in [0.25, 0.3) is 11.0 Å². The maximum absolute atomic E-state index is 12.8. The van der Waals surface area contributed by atoms with Gasteiger partial charge < -0.3 is 19.8 Å². The second-order valence-corrected chi connectivity index (χ2v) is 5.31. The maximum Gasteiger partial charge on any atom is 0.338 e. The monoisotopic (exact) mass is 328 g/mol. The predicted molar refractivity (Wildman–Crippen MR) is 86.2 cm³/mol. The standard InChI is InChI=1S/C17H16N2O5/c1-3-23-16(21)13-9(2)18-17(22)19-14(13)11-8-24-12-7-5-4-6-10(12)15(11)20/h4-8,14H,3H2,1-2H3,(H2,18,19,22)/t14-/m0/s1. The van der Waals surface area contributed by atoms with Crippen molar-refractivity contribution >= 4 is 23.0 Å². The van der Waals surface area contributed by atoms with Crippen molar-refractivity contribution < 1.29 is 18.7 Å². The fourth-order valence-electron chi connectivity index (χ4n) is 2.70. The Morgan fingerprint density at radius 2 is 2.04 bits per heavy atom. The minimum atomic E-state index is -0.932. The molecule has 0 bridgehead atoms. The Balaban J connectivity index is 2.17. The molecule has 0 saturated heterocycles. The SMILES string of the molecule is CCOC(=O)C1=C(C)NC(=O)N[C@H]1c1coc2ccccc2c1=O. The first-order valence-corrected chi connectivity index (χ1v) is 7.48. The van der Waals surface area contributed by atoms with Gasteiger partial charge in [0.15, 0.2) is 5.43 Å². The van der Waals surface area contributed by atoms with E-state index in [9.17, 15) is 14.4 Å². The number of esters is 1. The van der Waals surface area contributed by atoms with Gasteiger partial charge >= 0.3 is 12.0 Å². The topological polar surface area (TPSA) is 97.6 Å². The van der Waals surface area contributed by atoms with E-state index in [0.717, 1.165) is 0 Å². The molecule has 1 aliphatic rings. The second-order valence-electron chi connectivity index (χ2n) is 5.31. The summed E-state index contributed by atoms with van der Waals surface area (Å²) in [5, 5.41) is 5.49. The number of urea groups is 1. The minimum absolute atomic E-state index is 0.172. The Morgan fingerprint density at radius 3 is 2.79 bits per heavy atom. The molecule has 1 aromatic carbocycles. The summed E-state index contributed by atoms with van der Waals surface area (Å²) in [6, 6.07) is 5.35. The minimum Gasteiger partial charge on any atom is -0.464 e. The molecule has 2 amide bonds. The van der Waals surface area contributed by atoms with Crippen molar-refractivity contribution in [1.82, 2.24) is 10.6 Å². The van der Waals surface area contributed by atoms with E-state index in [4.69, 9.17) is 9.15 Å². The van der Waals surface area contributed by atoms with Gasteiger partial charge in [0.1, 0.15) is 11.8 Å². The van der Waals surface area contributed by atoms with E-state index in [1.54, 1.807) is 38.1 Å². The van der Waals surface area contributed by atoms with E-state index in [-0.39, 0.29) is 23.2 Å². The molecule has 1 atom stereocenters. The lowest BCUT2D eigenvalue weighted by atomic mass is 9.96. The first-order valence-electron chi connectivity index (χ1n) is 7.48. The summed E-state index contributed by atoms with van der Waals surface area (Å²) in [5.74, 6) is -0.597. The Kier molecular flexibility index (Phi) is 4.07. The molecule has 0 fully saturated rings. The molecule has 3 rings (SSSR count). The van der Waals surface area contributed by atoms with Gasteiger partial charge in [0.25, 0.3) is 0 Å². The van der Waals surface area contributed by atoms with Crippen LogP contribution < -0.4 is 16.1 Å². The molecule has 7 heteroatoms. The molecule has 1 aliphatic heterocycles. The third-order valence-corrected chi connectivity index (χ3v) is 3.78. The van der Waals surface area contributed by atoms with Gasteiger partial charge in [-0.05, 0) is 26.0 Å². The van der Waals surface area contributed by atoms with Crippen molar-refractivity contribution in [3.05, 3.63) is 57.6 Å². The number of allylic oxidation sites excluding steroid dienone is 1. The van der Waals surface area contributed by atoms with Gasteiger partial charge in [-0.15, -0.1) is 0 Å². The number of para-hydroxylation sites is 1. The Morgan fingerprint density at radius 1 is 1.29 bits per heavy atom. The van der Waals surface area contributed by atoms with Crippen molar-refractivity contribution in [1.29, 1.82) is 0 Å². The van der Waals surface area contributed by atoms with Crippen LogP contribution in [0.2, 0.25) is 0 Å². The molecule has 0 saturated carbocycles. The smallest absolute Gasteiger partial charge is 0.338 e. The van der Waals surface area contributed by atoms with Gasteiger partial charge in [-0.2, -0.15) is 0 Å². The predicted octanol–water partition coefficient (Wildman–Crippen LogP) is 1.98. The summed E-state index contributed by atoms with van der Waals surface area (Å²) in [7, 11) is 0. The van der Waals surface area contributed by atoms with Gasteiger partial charge in [0.05, 0.1) is 29.2 Å². The molecule has 1 aromatic heterocycles. The first-order chi connectivity index (χ1) is 11.5. The van der Waals surface area contributed by atoms with E-state index >= 15 is 0 Å². The van der Waals surface area contributed by atoms with Crippen LogP contribution in [-0.2, 0) is 9.53 Å². The lowest BCUT2D eigenvalue weighted by molar-refractivity contribution is -0.139. The van der Waals surface area contributed by atoms with Gasteiger partial charge in [-0.3, -0.25) is 4.79 Å². The van der Waals surface area contributed by atoms with Crippen LogP contribution in [0.4, 0.5) is 4.79 Å². The molecular formula is C17H16N2O5. The van der Waals surface area contributed by atoms with Gasteiger partial charge in [0.2, 0.25) is 0 Å². The largest absolute Gasteiger partial charge is 0.464 e. The molecule has 0 radical (unpaired) electrons. The van der Waals surface area contributed by atoms with E-state index in [1.807, 2.05) is 0 Å². The first kappa shape index (κ1) is 15.8. The number of nitrogens with one attached hydrogen (secondary N) is 2. The second kappa shape index (κ2) is 6.19. The molecule has 2 heterocycles. The Labute approximate surface area is 137 Å². The number of amides is 2. The Hall–Kier alpha value is -3.09. The van der Waals surface area contributed by atoms with Crippen LogP contribution in [0.3, 0.4) is 0 Å². The van der Waals surface area contributed by atoms with Crippen LogP contribution in [0.5, 0.6) is 0 Å². The fraction of sp³-hybridized carbons (Fsp3) is 0.235. The summed E-state index contributed by atoms with van der Waals surface area (Å²) in [4.78, 5) is 36.8. The third kappa shape index (κ3) is 2.64. The highest BCUT2D eigenvalue weighted by Gasteiger charge is 2.34. The third-order valence-electron chi connectivity index (χ3n) is 3.78. The van der Waals surface area contributed by atoms with Crippen LogP contribution in [0.15, 0.2) is 51.0 Å². The summed E-state index contributed by atoms with van der Waals surface area (Å²) >= 11 is 0. The van der Waals surface area contributed by atoms with E-state index in [2.05, 4.69) is 10.6 Å². The molecule has 0 spiro atoms. The zero-order valence-corrected chi connectivity index (χ0v) is 13.2. The van der Waals surface area contributed by atoms with Crippen LogP contribution >= 0.6 is 0 Å². The molecule has 124 valence electrons. The summed E-state index contributed by atoms with van der Waals surface area (Å²) in [6.07, 6.45) is 1.27. The number of carbonyl (C=O) groups excluding carboxylic acids is 2. The van der Waals surface area contributed by atoms with E-state index < -0.39 is 18.0 Å². The van der Waals surface area contributed by atoms with E-state index in [0.29, 0.717) is 16.7 Å². The number of hydrogen-bond donors (Lipinski definition) is 2. The van der Waals surface area contributed by atoms with E-state index in [1.165, 1.54) is 6.26 Å². The van der Waals surface area contributed by atoms with Crippen LogP contribution in [-0.4, -0.2) is 18.6 Å². The van der Waals surface area contributed by atoms with Crippen molar-refractivity contribution in [3.8, 4) is 0 Å². The summed E-state index contributed by atoms with van der Waals surface area (Å²) in [5.41, 5.74) is 0.822. The zero-order chi connectivity index (χ0) is 17.3. The van der Waals surface area contributed by atoms with Crippen LogP contribution in [0.1, 0.15) is 25.5 Å². The molecule has 2 aromatic rings. The van der Waals surface area contributed by atoms with Gasteiger partial charge in [0, 0.05) is 5.70 Å². The maximum atomic E-state index is 12.8. The molecule has 0 unspecified atom stereocenters. The number of fused-ring (bicyclic) bond motifs is 1. The molecule has 0 aliphatic carbocycles. The quantitative estimate of drug-likeness (QED) is 0.840. The molecule has 2 N–H and O–H groups in total. The highest BCUT2D eigenvalue weighted by Crippen LogP contribution is 2.27. The average Bonchev–Trinajstić information content (AvgIpc) is 2.55. The average molecular weight is 328 g/mol. The lowest BCUT2D eigenvalue weighted by Crippen LogP contribution is -2.46. The molecular weight excluding hydrogens is 312 g/mol. The number of rotatable bonds is 3. The number of benzene rings is 1. The summed E-state index contributed by atoms with van der Waals surface area (Å²) < 4.78 is 10.5. The lowest BCUT2D eigenvalue weighted by Gasteiger charge is -2.27. The summed E-state index contributed by atoms with van der Waals surface area (Å²) in [6.45, 7) is 3.45. The fourth-order valence-corrected chi connectivity index (χ4v) is 2.70. The Bertz CT molecular complexity index is 913. The highest BCUT2D eigenvalue weighted by molar-refractivity contribution is 5.95. The van der Waals surface area contributed by atoms with Crippen molar-refractivity contribution in [3.63, 3.8) is 0 Å². The molecule has 24 heavy (non-hydrogen) atoms. The normalized spacial score (nSPS) is 17.4. The van der Waals surface area contributed by atoms with Crippen molar-refractivity contribution in [2.24, 2.45) is 0 Å². The van der Waals surface area contributed by atoms with Crippen molar-refractivity contribution in [2.75, 3.05) is 6.61 Å². The number of hydrogen-bond acceptors (Lipinski definition) is 5. The molecule has 7 nitrogen and oxygen atoms in total.